The molecule has 0 aliphatic rings. The number of carbonyl (C=O) groups is 2. The van der Waals surface area contributed by atoms with Crippen LogP contribution in [0, 0.1) is 6.92 Å². The molecule has 1 unspecified atom stereocenters. The molecule has 0 saturated heterocycles. The largest absolute Gasteiger partial charge is 0.484 e. The summed E-state index contributed by atoms with van der Waals surface area (Å²) >= 11 is 0. The quantitative estimate of drug-likeness (QED) is 0.663. The molecule has 0 fully saturated rings. The molecule has 0 aliphatic carbocycles. The summed E-state index contributed by atoms with van der Waals surface area (Å²) in [5.41, 5.74) is 3.33. The summed E-state index contributed by atoms with van der Waals surface area (Å²) in [6.45, 7) is 8.70. The Morgan fingerprint density at radius 1 is 1.03 bits per heavy atom. The third-order valence-electron chi connectivity index (χ3n) is 5.03. The summed E-state index contributed by atoms with van der Waals surface area (Å²) in [7, 11) is 0. The minimum atomic E-state index is -0.534. The number of aryl methyl sites for hydroxylation is 2. The first kappa shape index (κ1) is 22.5. The van der Waals surface area contributed by atoms with Crippen LogP contribution in [0.4, 0.5) is 0 Å². The average Bonchev–Trinajstić information content (AvgIpc) is 2.73. The van der Waals surface area contributed by atoms with Crippen molar-refractivity contribution in [1.29, 1.82) is 0 Å². The van der Waals surface area contributed by atoms with Crippen molar-refractivity contribution in [3.63, 3.8) is 0 Å². The summed E-state index contributed by atoms with van der Waals surface area (Å²) in [5.74, 6) is 0.313. The number of amides is 2. The Morgan fingerprint density at radius 3 is 2.31 bits per heavy atom. The molecule has 5 heteroatoms. The zero-order chi connectivity index (χ0) is 21.2. The van der Waals surface area contributed by atoms with Crippen LogP contribution in [-0.2, 0) is 22.6 Å². The van der Waals surface area contributed by atoms with Gasteiger partial charge in [-0.3, -0.25) is 9.59 Å². The lowest BCUT2D eigenvalue weighted by Gasteiger charge is -2.31. The van der Waals surface area contributed by atoms with E-state index in [2.05, 4.69) is 12.2 Å². The highest BCUT2D eigenvalue weighted by Gasteiger charge is 2.28. The van der Waals surface area contributed by atoms with E-state index in [0.29, 0.717) is 25.3 Å². The maximum Gasteiger partial charge on any atom is 0.261 e. The molecule has 0 aliphatic heterocycles. The van der Waals surface area contributed by atoms with Gasteiger partial charge in [0.15, 0.2) is 6.61 Å². The first-order chi connectivity index (χ1) is 14.0. The van der Waals surface area contributed by atoms with Crippen molar-refractivity contribution in [2.75, 3.05) is 13.2 Å². The molecule has 0 heterocycles. The SMILES string of the molecule is CCNC(=O)C(CC)N(Cc1ccccc1C)C(=O)COc1ccc(CC)cc1. The molecule has 156 valence electrons. The van der Waals surface area contributed by atoms with E-state index < -0.39 is 6.04 Å². The molecule has 0 saturated carbocycles. The third-order valence-corrected chi connectivity index (χ3v) is 5.03. The van der Waals surface area contributed by atoms with E-state index in [1.807, 2.05) is 69.3 Å². The van der Waals surface area contributed by atoms with Gasteiger partial charge in [0.05, 0.1) is 0 Å². The molecule has 5 nitrogen and oxygen atoms in total. The minimum absolute atomic E-state index is 0.104. The fraction of sp³-hybridized carbons (Fsp3) is 0.417. The van der Waals surface area contributed by atoms with Gasteiger partial charge in [-0.25, -0.2) is 0 Å². The van der Waals surface area contributed by atoms with Gasteiger partial charge in [-0.1, -0.05) is 50.2 Å². The van der Waals surface area contributed by atoms with Gasteiger partial charge < -0.3 is 15.0 Å². The Kier molecular flexibility index (Phi) is 8.71. The van der Waals surface area contributed by atoms with Crippen molar-refractivity contribution in [1.82, 2.24) is 10.2 Å². The number of nitrogens with zero attached hydrogens (tertiary/aromatic N) is 1. The lowest BCUT2D eigenvalue weighted by atomic mass is 10.1. The van der Waals surface area contributed by atoms with E-state index in [0.717, 1.165) is 17.5 Å². The zero-order valence-corrected chi connectivity index (χ0v) is 17.9. The van der Waals surface area contributed by atoms with Gasteiger partial charge in [-0.2, -0.15) is 0 Å². The third kappa shape index (κ3) is 6.34. The Labute approximate surface area is 174 Å². The van der Waals surface area contributed by atoms with Gasteiger partial charge >= 0.3 is 0 Å². The molecule has 29 heavy (non-hydrogen) atoms. The number of carbonyl (C=O) groups excluding carboxylic acids is 2. The normalized spacial score (nSPS) is 11.6. The summed E-state index contributed by atoms with van der Waals surface area (Å²) in [5, 5.41) is 2.85. The van der Waals surface area contributed by atoms with Gasteiger partial charge in [0.1, 0.15) is 11.8 Å². The van der Waals surface area contributed by atoms with E-state index in [-0.39, 0.29) is 18.4 Å². The number of likely N-dealkylation sites (N-methyl/N-ethyl adjacent to an activating group) is 1. The zero-order valence-electron chi connectivity index (χ0n) is 17.9. The van der Waals surface area contributed by atoms with Gasteiger partial charge in [-0.05, 0) is 55.5 Å². The topological polar surface area (TPSA) is 58.6 Å². The molecule has 1 N–H and O–H groups in total. The summed E-state index contributed by atoms with van der Waals surface area (Å²) in [6, 6.07) is 15.1. The Hall–Kier alpha value is -2.82. The van der Waals surface area contributed by atoms with E-state index in [9.17, 15) is 9.59 Å². The summed E-state index contributed by atoms with van der Waals surface area (Å²) < 4.78 is 5.73. The Bertz CT molecular complexity index is 802. The van der Waals surface area contributed by atoms with Gasteiger partial charge in [0.2, 0.25) is 5.91 Å². The highest BCUT2D eigenvalue weighted by Crippen LogP contribution is 2.17. The fourth-order valence-electron chi connectivity index (χ4n) is 3.23. The van der Waals surface area contributed by atoms with Crippen molar-refractivity contribution in [3.8, 4) is 5.75 Å². The second-order valence-corrected chi connectivity index (χ2v) is 7.05. The van der Waals surface area contributed by atoms with Crippen LogP contribution in [0.1, 0.15) is 43.9 Å². The van der Waals surface area contributed by atoms with Gasteiger partial charge in [0.25, 0.3) is 5.91 Å². The van der Waals surface area contributed by atoms with Crippen LogP contribution in [0.25, 0.3) is 0 Å². The van der Waals surface area contributed by atoms with Crippen molar-refractivity contribution in [2.24, 2.45) is 0 Å². The molecule has 0 spiro atoms. The average molecular weight is 397 g/mol. The number of nitrogens with one attached hydrogen (secondary N) is 1. The molecular weight excluding hydrogens is 364 g/mol. The van der Waals surface area contributed by atoms with Crippen molar-refractivity contribution in [2.45, 2.75) is 53.1 Å². The second kappa shape index (κ2) is 11.2. The lowest BCUT2D eigenvalue weighted by molar-refractivity contribution is -0.142. The predicted octanol–water partition coefficient (Wildman–Crippen LogP) is 3.88. The van der Waals surface area contributed by atoms with Gasteiger partial charge in [0, 0.05) is 13.1 Å². The van der Waals surface area contributed by atoms with Crippen LogP contribution >= 0.6 is 0 Å². The molecule has 2 aromatic carbocycles. The second-order valence-electron chi connectivity index (χ2n) is 7.05. The maximum absolute atomic E-state index is 13.1. The number of hydrogen-bond donors (Lipinski definition) is 1. The van der Waals surface area contributed by atoms with E-state index in [4.69, 9.17) is 4.74 Å². The highest BCUT2D eigenvalue weighted by molar-refractivity contribution is 5.88. The molecule has 2 aromatic rings. The molecule has 1 atom stereocenters. The van der Waals surface area contributed by atoms with Crippen LogP contribution in [0.5, 0.6) is 5.75 Å². The standard InChI is InChI=1S/C24H32N2O3/c1-5-19-12-14-21(15-13-19)29-17-23(27)26(22(6-2)24(28)25-7-3)16-20-11-9-8-10-18(20)4/h8-15,22H,5-7,16-17H2,1-4H3,(H,25,28). The fourth-order valence-corrected chi connectivity index (χ4v) is 3.23. The summed E-state index contributed by atoms with van der Waals surface area (Å²) in [4.78, 5) is 27.3. The smallest absolute Gasteiger partial charge is 0.261 e. The predicted molar refractivity (Wildman–Crippen MR) is 116 cm³/mol. The van der Waals surface area contributed by atoms with E-state index in [1.54, 1.807) is 4.90 Å². The van der Waals surface area contributed by atoms with Crippen molar-refractivity contribution >= 4 is 11.8 Å². The highest BCUT2D eigenvalue weighted by atomic mass is 16.5. The monoisotopic (exact) mass is 396 g/mol. The van der Waals surface area contributed by atoms with Crippen LogP contribution in [0.3, 0.4) is 0 Å². The summed E-state index contributed by atoms with van der Waals surface area (Å²) in [6.07, 6.45) is 1.49. The van der Waals surface area contributed by atoms with Crippen molar-refractivity contribution in [3.05, 3.63) is 65.2 Å². The van der Waals surface area contributed by atoms with Crippen LogP contribution in [0.2, 0.25) is 0 Å². The molecule has 0 bridgehead atoms. The first-order valence-corrected chi connectivity index (χ1v) is 10.3. The molecule has 2 amide bonds. The van der Waals surface area contributed by atoms with Crippen LogP contribution in [0.15, 0.2) is 48.5 Å². The number of rotatable bonds is 10. The van der Waals surface area contributed by atoms with Crippen LogP contribution in [-0.4, -0.2) is 35.9 Å². The molecule has 0 radical (unpaired) electrons. The van der Waals surface area contributed by atoms with E-state index in [1.165, 1.54) is 5.56 Å². The lowest BCUT2D eigenvalue weighted by Crippen LogP contribution is -2.50. The maximum atomic E-state index is 13.1. The van der Waals surface area contributed by atoms with Crippen molar-refractivity contribution < 1.29 is 14.3 Å². The molecule has 2 rings (SSSR count). The first-order valence-electron chi connectivity index (χ1n) is 10.3. The Balaban J connectivity index is 2.18. The number of ether oxygens (including phenoxy) is 1. The number of benzene rings is 2. The Morgan fingerprint density at radius 2 is 1.72 bits per heavy atom. The molecular formula is C24H32N2O3. The van der Waals surface area contributed by atoms with E-state index >= 15 is 0 Å². The van der Waals surface area contributed by atoms with Crippen LogP contribution < -0.4 is 10.1 Å². The molecule has 0 aromatic heterocycles. The van der Waals surface area contributed by atoms with Gasteiger partial charge in [-0.15, -0.1) is 0 Å². The minimum Gasteiger partial charge on any atom is -0.484 e. The number of hydrogen-bond acceptors (Lipinski definition) is 3.